The van der Waals surface area contributed by atoms with Crippen molar-refractivity contribution >= 4 is 38.6 Å². The third-order valence-corrected chi connectivity index (χ3v) is 4.51. The van der Waals surface area contributed by atoms with Gasteiger partial charge in [0.05, 0.1) is 15.9 Å². The first-order chi connectivity index (χ1) is 10.4. The van der Waals surface area contributed by atoms with Crippen LogP contribution in [0.25, 0.3) is 11.1 Å². The average Bonchev–Trinajstić information content (AvgIpc) is 2.93. The number of nitrogens with zero attached hydrogens (tertiary/aromatic N) is 3. The number of oxazole rings is 1. The standard InChI is InChI=1S/C15H15BrN4O2/c1-8-15(16)9(2)20(19-8)7-14(21)18-11-4-5-13-12(6-11)17-10(3)22-13/h4-6H,7H2,1-3H3,(H,18,21). The monoisotopic (exact) mass is 362 g/mol. The summed E-state index contributed by atoms with van der Waals surface area (Å²) < 4.78 is 8.02. The van der Waals surface area contributed by atoms with Crippen molar-refractivity contribution in [2.24, 2.45) is 0 Å². The van der Waals surface area contributed by atoms with Gasteiger partial charge < -0.3 is 9.73 Å². The second-order valence-corrected chi connectivity index (χ2v) is 5.90. The normalized spacial score (nSPS) is 11.1. The highest BCUT2D eigenvalue weighted by molar-refractivity contribution is 9.10. The number of hydrogen-bond donors (Lipinski definition) is 1. The Hall–Kier alpha value is -2.15. The van der Waals surface area contributed by atoms with Crippen LogP contribution in [0.2, 0.25) is 0 Å². The van der Waals surface area contributed by atoms with Crippen LogP contribution in [0.4, 0.5) is 5.69 Å². The van der Waals surface area contributed by atoms with Crippen molar-refractivity contribution in [2.75, 3.05) is 5.32 Å². The Bertz CT molecular complexity index is 866. The molecule has 3 aromatic rings. The van der Waals surface area contributed by atoms with Gasteiger partial charge in [0.2, 0.25) is 5.91 Å². The van der Waals surface area contributed by atoms with Crippen LogP contribution in [0.3, 0.4) is 0 Å². The molecule has 0 aliphatic rings. The number of aromatic nitrogens is 3. The largest absolute Gasteiger partial charge is 0.441 e. The second kappa shape index (κ2) is 5.57. The number of amides is 1. The van der Waals surface area contributed by atoms with Crippen LogP contribution in [0.15, 0.2) is 27.1 Å². The number of nitrogens with one attached hydrogen (secondary N) is 1. The number of benzene rings is 1. The summed E-state index contributed by atoms with van der Waals surface area (Å²) in [5.41, 5.74) is 3.91. The van der Waals surface area contributed by atoms with Gasteiger partial charge in [0.1, 0.15) is 12.1 Å². The Morgan fingerprint density at radius 1 is 1.36 bits per heavy atom. The number of hydrogen-bond acceptors (Lipinski definition) is 4. The van der Waals surface area contributed by atoms with Gasteiger partial charge >= 0.3 is 0 Å². The minimum absolute atomic E-state index is 0.141. The van der Waals surface area contributed by atoms with E-state index < -0.39 is 0 Å². The van der Waals surface area contributed by atoms with Crippen LogP contribution < -0.4 is 5.32 Å². The van der Waals surface area contributed by atoms with Crippen LogP contribution in [-0.2, 0) is 11.3 Å². The van der Waals surface area contributed by atoms with Crippen LogP contribution in [-0.4, -0.2) is 20.7 Å². The summed E-state index contributed by atoms with van der Waals surface area (Å²) >= 11 is 3.45. The number of halogens is 1. The van der Waals surface area contributed by atoms with Crippen molar-refractivity contribution in [3.8, 4) is 0 Å². The van der Waals surface area contributed by atoms with Crippen molar-refractivity contribution < 1.29 is 9.21 Å². The Labute approximate surface area is 135 Å². The average molecular weight is 363 g/mol. The summed E-state index contributed by atoms with van der Waals surface area (Å²) in [6.07, 6.45) is 0. The molecule has 7 heteroatoms. The molecule has 6 nitrogen and oxygen atoms in total. The van der Waals surface area contributed by atoms with Gasteiger partial charge in [0.25, 0.3) is 0 Å². The predicted molar refractivity (Wildman–Crippen MR) is 86.8 cm³/mol. The lowest BCUT2D eigenvalue weighted by Crippen LogP contribution is -2.20. The molecule has 2 aromatic heterocycles. The first kappa shape index (κ1) is 14.8. The number of carbonyl (C=O) groups is 1. The number of fused-ring (bicyclic) bond motifs is 1. The molecule has 0 radical (unpaired) electrons. The minimum Gasteiger partial charge on any atom is -0.441 e. The SMILES string of the molecule is Cc1nc2cc(NC(=O)Cn3nc(C)c(Br)c3C)ccc2o1. The van der Waals surface area contributed by atoms with E-state index in [9.17, 15) is 4.79 Å². The van der Waals surface area contributed by atoms with Gasteiger partial charge in [-0.25, -0.2) is 4.98 Å². The van der Waals surface area contributed by atoms with Gasteiger partial charge in [0.15, 0.2) is 11.5 Å². The molecule has 2 heterocycles. The summed E-state index contributed by atoms with van der Waals surface area (Å²) in [5.74, 6) is 0.462. The van der Waals surface area contributed by atoms with Gasteiger partial charge in [-0.05, 0) is 48.0 Å². The summed E-state index contributed by atoms with van der Waals surface area (Å²) in [4.78, 5) is 16.4. The van der Waals surface area contributed by atoms with Crippen LogP contribution in [0.5, 0.6) is 0 Å². The van der Waals surface area contributed by atoms with E-state index in [-0.39, 0.29) is 12.5 Å². The Morgan fingerprint density at radius 3 is 2.82 bits per heavy atom. The molecule has 1 aromatic carbocycles. The molecule has 0 unspecified atom stereocenters. The molecule has 1 N–H and O–H groups in total. The molecule has 3 rings (SSSR count). The van der Waals surface area contributed by atoms with Crippen molar-refractivity contribution in [3.05, 3.63) is 40.0 Å². The fraction of sp³-hybridized carbons (Fsp3) is 0.267. The lowest BCUT2D eigenvalue weighted by atomic mass is 10.3. The van der Waals surface area contributed by atoms with E-state index in [1.54, 1.807) is 29.8 Å². The second-order valence-electron chi connectivity index (χ2n) is 5.11. The van der Waals surface area contributed by atoms with Crippen molar-refractivity contribution in [2.45, 2.75) is 27.3 Å². The number of aryl methyl sites for hydroxylation is 2. The van der Waals surface area contributed by atoms with Gasteiger partial charge in [-0.2, -0.15) is 5.10 Å². The zero-order valence-corrected chi connectivity index (χ0v) is 14.1. The fourth-order valence-electron chi connectivity index (χ4n) is 2.29. The summed E-state index contributed by atoms with van der Waals surface area (Å²) in [6, 6.07) is 5.38. The lowest BCUT2D eigenvalue weighted by Gasteiger charge is -2.06. The van der Waals surface area contributed by atoms with Crippen molar-refractivity contribution in [1.29, 1.82) is 0 Å². The molecule has 0 spiro atoms. The fourth-order valence-corrected chi connectivity index (χ4v) is 2.57. The quantitative estimate of drug-likeness (QED) is 0.775. The summed E-state index contributed by atoms with van der Waals surface area (Å²) in [6.45, 7) is 5.76. The summed E-state index contributed by atoms with van der Waals surface area (Å²) in [7, 11) is 0. The minimum atomic E-state index is -0.141. The van der Waals surface area contributed by atoms with Crippen LogP contribution >= 0.6 is 15.9 Å². The highest BCUT2D eigenvalue weighted by Crippen LogP contribution is 2.21. The smallest absolute Gasteiger partial charge is 0.246 e. The maximum Gasteiger partial charge on any atom is 0.246 e. The lowest BCUT2D eigenvalue weighted by molar-refractivity contribution is -0.116. The molecule has 0 bridgehead atoms. The number of anilines is 1. The topological polar surface area (TPSA) is 73.0 Å². The molecule has 0 atom stereocenters. The molecule has 114 valence electrons. The molecular formula is C15H15BrN4O2. The molecular weight excluding hydrogens is 348 g/mol. The molecule has 0 saturated heterocycles. The van der Waals surface area contributed by atoms with E-state index >= 15 is 0 Å². The molecule has 0 aliphatic heterocycles. The van der Waals surface area contributed by atoms with Crippen molar-refractivity contribution in [3.63, 3.8) is 0 Å². The number of rotatable bonds is 3. The maximum absolute atomic E-state index is 12.2. The third kappa shape index (κ3) is 2.76. The maximum atomic E-state index is 12.2. The summed E-state index contributed by atoms with van der Waals surface area (Å²) in [5, 5.41) is 7.18. The first-order valence-corrected chi connectivity index (χ1v) is 7.60. The zero-order valence-electron chi connectivity index (χ0n) is 12.5. The van der Waals surface area contributed by atoms with Crippen LogP contribution in [0.1, 0.15) is 17.3 Å². The Morgan fingerprint density at radius 2 is 2.14 bits per heavy atom. The molecule has 0 fully saturated rings. The third-order valence-electron chi connectivity index (χ3n) is 3.36. The van der Waals surface area contributed by atoms with Gasteiger partial charge in [-0.3, -0.25) is 9.48 Å². The van der Waals surface area contributed by atoms with E-state index in [0.29, 0.717) is 17.2 Å². The molecule has 1 amide bonds. The zero-order chi connectivity index (χ0) is 15.9. The predicted octanol–water partition coefficient (Wildman–Crippen LogP) is 3.35. The number of carbonyl (C=O) groups excluding carboxylic acids is 1. The first-order valence-electron chi connectivity index (χ1n) is 6.80. The molecule has 0 aliphatic carbocycles. The molecule has 0 saturated carbocycles. The van der Waals surface area contributed by atoms with Gasteiger partial charge in [-0.1, -0.05) is 0 Å². The Kier molecular flexibility index (Phi) is 3.74. The van der Waals surface area contributed by atoms with E-state index in [2.05, 4.69) is 31.3 Å². The van der Waals surface area contributed by atoms with Crippen LogP contribution in [0, 0.1) is 20.8 Å². The Balaban J connectivity index is 1.76. The molecule has 22 heavy (non-hydrogen) atoms. The van der Waals surface area contributed by atoms with E-state index in [0.717, 1.165) is 21.4 Å². The van der Waals surface area contributed by atoms with Crippen molar-refractivity contribution in [1.82, 2.24) is 14.8 Å². The highest BCUT2D eigenvalue weighted by atomic mass is 79.9. The van der Waals surface area contributed by atoms with E-state index in [1.165, 1.54) is 0 Å². The van der Waals surface area contributed by atoms with Gasteiger partial charge in [-0.15, -0.1) is 0 Å². The highest BCUT2D eigenvalue weighted by Gasteiger charge is 2.12. The van der Waals surface area contributed by atoms with E-state index in [4.69, 9.17) is 4.42 Å². The van der Waals surface area contributed by atoms with Gasteiger partial charge in [0, 0.05) is 12.6 Å². The van der Waals surface area contributed by atoms with E-state index in [1.807, 2.05) is 13.8 Å².